The lowest BCUT2D eigenvalue weighted by atomic mass is 10.0. The number of aliphatic hydroxyl groups excluding tert-OH is 2. The standard InChI is InChI=1S/C26H46O2/c27-23-15-11-7-3-1-5-9-13-17-25-19-21-26(22-20-25)18-14-10-6-2-4-8-12-16-24-28/h19-22,27-28H,1-18,23-24H2. The lowest BCUT2D eigenvalue weighted by Gasteiger charge is -2.06. The highest BCUT2D eigenvalue weighted by Gasteiger charge is 1.98. The molecule has 0 atom stereocenters. The van der Waals surface area contributed by atoms with Gasteiger partial charge in [-0.3, -0.25) is 0 Å². The maximum atomic E-state index is 8.76. The van der Waals surface area contributed by atoms with Crippen LogP contribution in [0.1, 0.15) is 114 Å². The Morgan fingerprint density at radius 2 is 0.607 bits per heavy atom. The molecule has 0 bridgehead atoms. The molecule has 0 aliphatic heterocycles. The first-order chi connectivity index (χ1) is 13.9. The molecule has 0 radical (unpaired) electrons. The first kappa shape index (κ1) is 25.2. The molecule has 2 heteroatoms. The highest BCUT2D eigenvalue weighted by Crippen LogP contribution is 2.14. The van der Waals surface area contributed by atoms with Crippen molar-refractivity contribution < 1.29 is 10.2 Å². The van der Waals surface area contributed by atoms with Crippen LogP contribution in [0.25, 0.3) is 0 Å². The number of hydrogen-bond donors (Lipinski definition) is 2. The molecule has 0 aliphatic carbocycles. The lowest BCUT2D eigenvalue weighted by Crippen LogP contribution is -1.90. The van der Waals surface area contributed by atoms with Gasteiger partial charge < -0.3 is 10.2 Å². The van der Waals surface area contributed by atoms with Gasteiger partial charge in [-0.2, -0.15) is 0 Å². The number of aryl methyl sites for hydroxylation is 2. The van der Waals surface area contributed by atoms with E-state index in [9.17, 15) is 0 Å². The number of unbranched alkanes of at least 4 members (excludes halogenated alkanes) is 14. The summed E-state index contributed by atoms with van der Waals surface area (Å²) in [7, 11) is 0. The van der Waals surface area contributed by atoms with Crippen LogP contribution in [-0.4, -0.2) is 23.4 Å². The maximum Gasteiger partial charge on any atom is 0.0431 e. The fourth-order valence-corrected chi connectivity index (χ4v) is 3.88. The van der Waals surface area contributed by atoms with E-state index in [0.29, 0.717) is 13.2 Å². The van der Waals surface area contributed by atoms with Crippen molar-refractivity contribution in [3.8, 4) is 0 Å². The molecule has 1 rings (SSSR count). The number of rotatable bonds is 20. The van der Waals surface area contributed by atoms with E-state index < -0.39 is 0 Å². The summed E-state index contributed by atoms with van der Waals surface area (Å²) in [6.45, 7) is 0.705. The second kappa shape index (κ2) is 19.5. The molecule has 1 aromatic carbocycles. The summed E-state index contributed by atoms with van der Waals surface area (Å²) in [5.41, 5.74) is 2.99. The van der Waals surface area contributed by atoms with Crippen molar-refractivity contribution in [1.29, 1.82) is 0 Å². The SMILES string of the molecule is OCCCCCCCCCCc1ccc(CCCCCCCCCCO)cc1. The van der Waals surface area contributed by atoms with Gasteiger partial charge in [-0.1, -0.05) is 101 Å². The van der Waals surface area contributed by atoms with Crippen molar-refractivity contribution >= 4 is 0 Å². The van der Waals surface area contributed by atoms with Crippen molar-refractivity contribution in [1.82, 2.24) is 0 Å². The molecule has 0 fully saturated rings. The van der Waals surface area contributed by atoms with Gasteiger partial charge in [0.2, 0.25) is 0 Å². The summed E-state index contributed by atoms with van der Waals surface area (Å²) in [6.07, 6.45) is 22.8. The normalized spacial score (nSPS) is 11.2. The Bertz CT molecular complexity index is 386. The van der Waals surface area contributed by atoms with Crippen molar-refractivity contribution in [2.75, 3.05) is 13.2 Å². The summed E-state index contributed by atoms with van der Waals surface area (Å²) in [5, 5.41) is 17.5. The minimum atomic E-state index is 0.353. The molecule has 162 valence electrons. The van der Waals surface area contributed by atoms with E-state index in [1.165, 1.54) is 114 Å². The zero-order valence-electron chi connectivity index (χ0n) is 18.3. The third kappa shape index (κ3) is 15.1. The Kier molecular flexibility index (Phi) is 17.5. The van der Waals surface area contributed by atoms with Gasteiger partial charge in [0.15, 0.2) is 0 Å². The smallest absolute Gasteiger partial charge is 0.0431 e. The largest absolute Gasteiger partial charge is 0.396 e. The highest BCUT2D eigenvalue weighted by atomic mass is 16.3. The van der Waals surface area contributed by atoms with Gasteiger partial charge in [0, 0.05) is 13.2 Å². The van der Waals surface area contributed by atoms with Gasteiger partial charge in [0.05, 0.1) is 0 Å². The van der Waals surface area contributed by atoms with Crippen LogP contribution in [0.15, 0.2) is 24.3 Å². The van der Waals surface area contributed by atoms with Crippen molar-refractivity contribution in [2.45, 2.75) is 116 Å². The number of aliphatic hydroxyl groups is 2. The van der Waals surface area contributed by atoms with Crippen LogP contribution < -0.4 is 0 Å². The van der Waals surface area contributed by atoms with Crippen molar-refractivity contribution in [3.05, 3.63) is 35.4 Å². The van der Waals surface area contributed by atoms with Crippen LogP contribution in [0, 0.1) is 0 Å². The van der Waals surface area contributed by atoms with Gasteiger partial charge in [-0.25, -0.2) is 0 Å². The zero-order chi connectivity index (χ0) is 20.1. The first-order valence-electron chi connectivity index (χ1n) is 12.2. The number of benzene rings is 1. The third-order valence-electron chi connectivity index (χ3n) is 5.77. The predicted molar refractivity (Wildman–Crippen MR) is 122 cm³/mol. The predicted octanol–water partition coefficient (Wildman–Crippen LogP) is 7.00. The van der Waals surface area contributed by atoms with E-state index in [1.807, 2.05) is 0 Å². The Morgan fingerprint density at radius 3 is 0.893 bits per heavy atom. The van der Waals surface area contributed by atoms with Crippen LogP contribution in [0.4, 0.5) is 0 Å². The lowest BCUT2D eigenvalue weighted by molar-refractivity contribution is 0.282. The topological polar surface area (TPSA) is 40.5 Å². The highest BCUT2D eigenvalue weighted by molar-refractivity contribution is 5.22. The van der Waals surface area contributed by atoms with Gasteiger partial charge in [0.25, 0.3) is 0 Å². The van der Waals surface area contributed by atoms with Gasteiger partial charge in [0.1, 0.15) is 0 Å². The quantitative estimate of drug-likeness (QED) is 0.235. The molecule has 0 saturated carbocycles. The summed E-state index contributed by atoms with van der Waals surface area (Å²) in [6, 6.07) is 9.35. The molecular formula is C26H46O2. The van der Waals surface area contributed by atoms with Crippen LogP contribution >= 0.6 is 0 Å². The second-order valence-electron chi connectivity index (χ2n) is 8.42. The van der Waals surface area contributed by atoms with E-state index in [1.54, 1.807) is 0 Å². The second-order valence-corrected chi connectivity index (χ2v) is 8.42. The molecule has 0 spiro atoms. The maximum absolute atomic E-state index is 8.76. The molecule has 0 heterocycles. The molecule has 0 unspecified atom stereocenters. The van der Waals surface area contributed by atoms with Crippen LogP contribution in [0.5, 0.6) is 0 Å². The van der Waals surface area contributed by atoms with Crippen molar-refractivity contribution in [2.24, 2.45) is 0 Å². The minimum Gasteiger partial charge on any atom is -0.396 e. The Morgan fingerprint density at radius 1 is 0.357 bits per heavy atom. The van der Waals surface area contributed by atoms with E-state index in [2.05, 4.69) is 24.3 Å². The average Bonchev–Trinajstić information content (AvgIpc) is 2.72. The molecule has 0 amide bonds. The van der Waals surface area contributed by atoms with E-state index in [0.717, 1.165) is 12.8 Å². The van der Waals surface area contributed by atoms with Crippen LogP contribution in [0.3, 0.4) is 0 Å². The summed E-state index contributed by atoms with van der Waals surface area (Å²) >= 11 is 0. The van der Waals surface area contributed by atoms with Gasteiger partial charge >= 0.3 is 0 Å². The van der Waals surface area contributed by atoms with Crippen molar-refractivity contribution in [3.63, 3.8) is 0 Å². The summed E-state index contributed by atoms with van der Waals surface area (Å²) in [5.74, 6) is 0. The first-order valence-corrected chi connectivity index (χ1v) is 12.2. The van der Waals surface area contributed by atoms with Gasteiger partial charge in [-0.15, -0.1) is 0 Å². The molecule has 0 aromatic heterocycles. The minimum absolute atomic E-state index is 0.353. The van der Waals surface area contributed by atoms with Gasteiger partial charge in [-0.05, 0) is 49.7 Å². The molecule has 2 N–H and O–H groups in total. The molecule has 2 nitrogen and oxygen atoms in total. The monoisotopic (exact) mass is 390 g/mol. The van der Waals surface area contributed by atoms with Crippen LogP contribution in [0.2, 0.25) is 0 Å². The molecular weight excluding hydrogens is 344 g/mol. The number of hydrogen-bond acceptors (Lipinski definition) is 2. The third-order valence-corrected chi connectivity index (χ3v) is 5.77. The summed E-state index contributed by atoms with van der Waals surface area (Å²) < 4.78 is 0. The van der Waals surface area contributed by atoms with E-state index in [4.69, 9.17) is 10.2 Å². The summed E-state index contributed by atoms with van der Waals surface area (Å²) in [4.78, 5) is 0. The Labute approximate surface area is 174 Å². The Hall–Kier alpha value is -0.860. The molecule has 0 saturated heterocycles. The average molecular weight is 391 g/mol. The fraction of sp³-hybridized carbons (Fsp3) is 0.769. The van der Waals surface area contributed by atoms with Crippen LogP contribution in [-0.2, 0) is 12.8 Å². The van der Waals surface area contributed by atoms with E-state index >= 15 is 0 Å². The molecule has 1 aromatic rings. The molecule has 28 heavy (non-hydrogen) atoms. The Balaban J connectivity index is 1.94. The molecule has 0 aliphatic rings. The fourth-order valence-electron chi connectivity index (χ4n) is 3.88. The zero-order valence-corrected chi connectivity index (χ0v) is 18.3. The van der Waals surface area contributed by atoms with E-state index in [-0.39, 0.29) is 0 Å².